The molecule has 1 atom stereocenters. The average molecular weight is 412 g/mol. The first-order valence-electron chi connectivity index (χ1n) is 10.5. The molecule has 4 rings (SSSR count). The van der Waals surface area contributed by atoms with Gasteiger partial charge in [0.05, 0.1) is 32.7 Å². The van der Waals surface area contributed by atoms with E-state index in [0.717, 1.165) is 38.5 Å². The Labute approximate surface area is 177 Å². The number of piperazine rings is 1. The summed E-state index contributed by atoms with van der Waals surface area (Å²) < 4.78 is 2.00. The van der Waals surface area contributed by atoms with Crippen LogP contribution in [0.15, 0.2) is 35.7 Å². The molecule has 6 nitrogen and oxygen atoms in total. The molecule has 3 heterocycles. The van der Waals surface area contributed by atoms with Gasteiger partial charge in [-0.25, -0.2) is 4.68 Å². The minimum Gasteiger partial charge on any atom is -0.360 e. The second kappa shape index (κ2) is 8.63. The number of hydrogen-bond donors (Lipinski definition) is 1. The molecule has 154 valence electrons. The number of aromatic nitrogens is 4. The summed E-state index contributed by atoms with van der Waals surface area (Å²) in [6.45, 7) is 14.1. The first-order chi connectivity index (χ1) is 14.0. The fourth-order valence-electron chi connectivity index (χ4n) is 4.47. The van der Waals surface area contributed by atoms with Gasteiger partial charge in [0.2, 0.25) is 5.82 Å². The van der Waals surface area contributed by atoms with E-state index in [1.165, 1.54) is 21.7 Å². The Morgan fingerprint density at radius 2 is 1.90 bits per heavy atom. The minimum absolute atomic E-state index is 0.311. The molecule has 7 heteroatoms. The van der Waals surface area contributed by atoms with Crippen LogP contribution in [0.2, 0.25) is 0 Å². The fraction of sp³-hybridized carbons (Fsp3) is 0.500. The number of hydrogen-bond acceptors (Lipinski definition) is 5. The highest BCUT2D eigenvalue weighted by Gasteiger charge is 2.35. The van der Waals surface area contributed by atoms with Gasteiger partial charge in [0.25, 0.3) is 0 Å². The van der Waals surface area contributed by atoms with E-state index < -0.39 is 0 Å². The van der Waals surface area contributed by atoms with Gasteiger partial charge < -0.3 is 9.80 Å². The van der Waals surface area contributed by atoms with Crippen molar-refractivity contribution in [2.45, 2.75) is 40.3 Å². The smallest absolute Gasteiger partial charge is 0.209 e. The zero-order valence-electron chi connectivity index (χ0n) is 17.8. The number of rotatable bonds is 6. The Balaban J connectivity index is 1.50. The van der Waals surface area contributed by atoms with E-state index in [9.17, 15) is 0 Å². The molecule has 1 aromatic carbocycles. The molecule has 0 amide bonds. The second-order valence-electron chi connectivity index (χ2n) is 8.36. The van der Waals surface area contributed by atoms with Crippen LogP contribution in [0, 0.1) is 19.8 Å². The molecule has 1 aliphatic rings. The third kappa shape index (κ3) is 4.21. The van der Waals surface area contributed by atoms with E-state index in [0.29, 0.717) is 12.0 Å². The molecular formula is C22H31N6S+. The van der Waals surface area contributed by atoms with E-state index in [-0.39, 0.29) is 0 Å². The van der Waals surface area contributed by atoms with Crippen molar-refractivity contribution < 1.29 is 4.90 Å². The summed E-state index contributed by atoms with van der Waals surface area (Å²) in [6, 6.07) is 11.2. The molecule has 0 bridgehead atoms. The van der Waals surface area contributed by atoms with Gasteiger partial charge in [0.15, 0.2) is 6.04 Å². The number of benzene rings is 1. The molecule has 29 heavy (non-hydrogen) atoms. The van der Waals surface area contributed by atoms with E-state index in [1.54, 1.807) is 16.2 Å². The van der Waals surface area contributed by atoms with Crippen LogP contribution in [0.4, 0.5) is 5.69 Å². The van der Waals surface area contributed by atoms with Crippen LogP contribution >= 0.6 is 11.3 Å². The van der Waals surface area contributed by atoms with E-state index in [2.05, 4.69) is 83.8 Å². The lowest BCUT2D eigenvalue weighted by molar-refractivity contribution is -0.937. The number of nitrogens with one attached hydrogen (secondary N) is 1. The van der Waals surface area contributed by atoms with Crippen LogP contribution in [0.1, 0.15) is 41.7 Å². The maximum absolute atomic E-state index is 4.47. The monoisotopic (exact) mass is 411 g/mol. The third-order valence-corrected chi connectivity index (χ3v) is 7.01. The minimum atomic E-state index is 0.311. The number of quaternary nitrogens is 1. The van der Waals surface area contributed by atoms with Gasteiger partial charge >= 0.3 is 0 Å². The average Bonchev–Trinajstić information content (AvgIpc) is 3.38. The van der Waals surface area contributed by atoms with Crippen molar-refractivity contribution in [1.82, 2.24) is 20.2 Å². The van der Waals surface area contributed by atoms with Crippen molar-refractivity contribution in [1.29, 1.82) is 0 Å². The zero-order valence-corrected chi connectivity index (χ0v) is 18.6. The first kappa shape index (κ1) is 20.0. The zero-order chi connectivity index (χ0) is 20.4. The van der Waals surface area contributed by atoms with Crippen LogP contribution in [0.3, 0.4) is 0 Å². The molecule has 0 aliphatic carbocycles. The maximum atomic E-state index is 4.47. The molecule has 0 spiro atoms. The largest absolute Gasteiger partial charge is 0.360 e. The fourth-order valence-corrected chi connectivity index (χ4v) is 5.16. The number of nitrogens with zero attached hydrogens (tertiary/aromatic N) is 5. The highest BCUT2D eigenvalue weighted by atomic mass is 32.1. The lowest BCUT2D eigenvalue weighted by Gasteiger charge is -2.39. The SMILES string of the molecule is Cc1cccc(N2CC[NH+]([C@H](c3nnnn3Cc3cccs3)C(C)C)CC2)c1C. The predicted octanol–water partition coefficient (Wildman–Crippen LogP) is 2.50. The molecule has 0 radical (unpaired) electrons. The summed E-state index contributed by atoms with van der Waals surface area (Å²) in [4.78, 5) is 5.41. The Hall–Kier alpha value is -2.25. The van der Waals surface area contributed by atoms with Crippen LogP contribution in [-0.2, 0) is 6.54 Å². The van der Waals surface area contributed by atoms with Crippen LogP contribution in [0.5, 0.6) is 0 Å². The van der Waals surface area contributed by atoms with E-state index >= 15 is 0 Å². The van der Waals surface area contributed by atoms with Gasteiger partial charge in [0, 0.05) is 16.5 Å². The summed E-state index contributed by atoms with van der Waals surface area (Å²) >= 11 is 1.76. The number of aryl methyl sites for hydroxylation is 1. The molecule has 1 N–H and O–H groups in total. The summed E-state index contributed by atoms with van der Waals surface area (Å²) in [7, 11) is 0. The number of anilines is 1. The van der Waals surface area contributed by atoms with Crippen molar-refractivity contribution >= 4 is 17.0 Å². The van der Waals surface area contributed by atoms with Crippen molar-refractivity contribution in [3.05, 3.63) is 57.5 Å². The third-order valence-electron chi connectivity index (χ3n) is 6.15. The summed E-state index contributed by atoms with van der Waals surface area (Å²) in [5.41, 5.74) is 4.15. The molecule has 0 unspecified atom stereocenters. The Kier molecular flexibility index (Phi) is 5.96. The van der Waals surface area contributed by atoms with Gasteiger partial charge in [-0.1, -0.05) is 32.0 Å². The molecule has 1 aliphatic heterocycles. The van der Waals surface area contributed by atoms with Crippen LogP contribution < -0.4 is 9.80 Å². The molecule has 3 aromatic rings. The van der Waals surface area contributed by atoms with Crippen LogP contribution in [0.25, 0.3) is 0 Å². The predicted molar refractivity (Wildman–Crippen MR) is 118 cm³/mol. The standard InChI is InChI=1S/C22H30N6S/c1-16(2)21(22-23-24-25-28(22)15-19-8-6-14-29-19)27-12-10-26(11-13-27)20-9-5-7-17(3)18(20)4/h5-9,14,16,21H,10-13,15H2,1-4H3/p+1/t21-/m0/s1. The van der Waals surface area contributed by atoms with Gasteiger partial charge in [-0.15, -0.1) is 16.4 Å². The van der Waals surface area contributed by atoms with Gasteiger partial charge in [-0.05, 0) is 52.9 Å². The highest BCUT2D eigenvalue weighted by molar-refractivity contribution is 7.09. The summed E-state index contributed by atoms with van der Waals surface area (Å²) in [5.74, 6) is 1.49. The number of thiophene rings is 1. The quantitative estimate of drug-likeness (QED) is 0.677. The summed E-state index contributed by atoms with van der Waals surface area (Å²) in [5, 5.41) is 14.9. The molecule has 2 aromatic heterocycles. The normalized spacial score (nSPS) is 16.5. The van der Waals surface area contributed by atoms with Crippen molar-refractivity contribution in [2.75, 3.05) is 31.1 Å². The number of tetrazole rings is 1. The van der Waals surface area contributed by atoms with Crippen molar-refractivity contribution in [3.63, 3.8) is 0 Å². The molecule has 1 fully saturated rings. The van der Waals surface area contributed by atoms with Gasteiger partial charge in [-0.2, -0.15) is 0 Å². The lowest BCUT2D eigenvalue weighted by Crippen LogP contribution is -3.15. The van der Waals surface area contributed by atoms with E-state index in [1.807, 2.05) is 4.68 Å². The Morgan fingerprint density at radius 1 is 1.10 bits per heavy atom. The topological polar surface area (TPSA) is 51.3 Å². The molecular weight excluding hydrogens is 380 g/mol. The van der Waals surface area contributed by atoms with Gasteiger partial charge in [0.1, 0.15) is 0 Å². The lowest BCUT2D eigenvalue weighted by atomic mass is 10.00. The maximum Gasteiger partial charge on any atom is 0.209 e. The van der Waals surface area contributed by atoms with Gasteiger partial charge in [-0.3, -0.25) is 0 Å². The highest BCUT2D eigenvalue weighted by Crippen LogP contribution is 2.23. The Morgan fingerprint density at radius 3 is 2.59 bits per heavy atom. The van der Waals surface area contributed by atoms with Crippen LogP contribution in [-0.4, -0.2) is 46.4 Å². The van der Waals surface area contributed by atoms with Crippen molar-refractivity contribution in [2.24, 2.45) is 5.92 Å². The first-order valence-corrected chi connectivity index (χ1v) is 11.4. The van der Waals surface area contributed by atoms with Crippen molar-refractivity contribution in [3.8, 4) is 0 Å². The molecule has 1 saturated heterocycles. The second-order valence-corrected chi connectivity index (χ2v) is 9.39. The molecule has 0 saturated carbocycles. The Bertz CT molecular complexity index is 925. The van der Waals surface area contributed by atoms with E-state index in [4.69, 9.17) is 0 Å². The summed E-state index contributed by atoms with van der Waals surface area (Å²) in [6.07, 6.45) is 0.